The maximum atomic E-state index is 13.8. The van der Waals surface area contributed by atoms with Crippen molar-refractivity contribution in [2.45, 2.75) is 31.3 Å². The molecule has 1 aromatic carbocycles. The third-order valence-corrected chi connectivity index (χ3v) is 6.30. The molecule has 1 N–H and O–H groups in total. The van der Waals surface area contributed by atoms with Crippen molar-refractivity contribution in [1.29, 1.82) is 0 Å². The maximum Gasteiger partial charge on any atom is 0.142 e. The average molecular weight is 343 g/mol. The van der Waals surface area contributed by atoms with Gasteiger partial charge in [-0.25, -0.2) is 4.39 Å². The lowest BCUT2D eigenvalue weighted by molar-refractivity contribution is 0.265. The summed E-state index contributed by atoms with van der Waals surface area (Å²) < 4.78 is 13.8. The van der Waals surface area contributed by atoms with E-state index in [1.165, 1.54) is 30.8 Å². The molecule has 0 radical (unpaired) electrons. The van der Waals surface area contributed by atoms with Gasteiger partial charge in [0.25, 0.3) is 0 Å². The molecule has 0 unspecified atom stereocenters. The Kier molecular flexibility index (Phi) is 5.66. The van der Waals surface area contributed by atoms with Crippen LogP contribution in [0, 0.1) is 11.7 Å². The third-order valence-electron chi connectivity index (χ3n) is 4.95. The Balaban J connectivity index is 1.66. The number of nitrogens with one attached hydrogen (secondary N) is 1. The van der Waals surface area contributed by atoms with Gasteiger partial charge < -0.3 is 5.32 Å². The summed E-state index contributed by atoms with van der Waals surface area (Å²) in [5.74, 6) is 2.78. The molecule has 2 atom stereocenters. The molecule has 0 aliphatic carbocycles. The molecular weight excluding hydrogens is 319 g/mol. The van der Waals surface area contributed by atoms with Gasteiger partial charge in [0.1, 0.15) is 5.82 Å². The first-order chi connectivity index (χ1) is 10.6. The quantitative estimate of drug-likeness (QED) is 0.891. The molecule has 122 valence electrons. The van der Waals surface area contributed by atoms with Gasteiger partial charge in [0.2, 0.25) is 0 Å². The van der Waals surface area contributed by atoms with Crippen LogP contribution in [0.25, 0.3) is 0 Å². The average Bonchev–Trinajstić information content (AvgIpc) is 2.90. The maximum absolute atomic E-state index is 13.8. The molecule has 0 saturated carbocycles. The van der Waals surface area contributed by atoms with Crippen LogP contribution in [-0.4, -0.2) is 42.6 Å². The molecule has 5 heteroatoms. The largest absolute Gasteiger partial charge is 0.314 e. The highest BCUT2D eigenvalue weighted by atomic mass is 35.5. The Morgan fingerprint density at radius 3 is 2.82 bits per heavy atom. The fraction of sp³-hybridized carbons (Fsp3) is 0.647. The molecule has 2 aliphatic rings. The van der Waals surface area contributed by atoms with E-state index in [2.05, 4.69) is 29.0 Å². The molecule has 2 aliphatic heterocycles. The zero-order valence-corrected chi connectivity index (χ0v) is 14.6. The number of halogens is 2. The monoisotopic (exact) mass is 342 g/mol. The van der Waals surface area contributed by atoms with Crippen LogP contribution in [0.3, 0.4) is 0 Å². The second-order valence-corrected chi connectivity index (χ2v) is 8.07. The molecule has 0 amide bonds. The molecule has 1 aromatic rings. The summed E-state index contributed by atoms with van der Waals surface area (Å²) in [6.45, 7) is 2.09. The zero-order valence-electron chi connectivity index (χ0n) is 13.0. The van der Waals surface area contributed by atoms with Crippen molar-refractivity contribution in [1.82, 2.24) is 10.2 Å². The molecular formula is C17H24ClFN2S. The molecule has 0 spiro atoms. The lowest BCUT2D eigenvalue weighted by atomic mass is 9.93. The number of hydrogen-bond acceptors (Lipinski definition) is 3. The van der Waals surface area contributed by atoms with Gasteiger partial charge in [-0.15, -0.1) is 0 Å². The fourth-order valence-electron chi connectivity index (χ4n) is 3.68. The predicted octanol–water partition coefficient (Wildman–Crippen LogP) is 3.96. The number of rotatable bonds is 4. The van der Waals surface area contributed by atoms with Crippen molar-refractivity contribution in [3.05, 3.63) is 34.6 Å². The Hall–Kier alpha value is -0.290. The second kappa shape index (κ2) is 7.52. The molecule has 22 heavy (non-hydrogen) atoms. The van der Waals surface area contributed by atoms with E-state index >= 15 is 0 Å². The first-order valence-electron chi connectivity index (χ1n) is 8.11. The summed E-state index contributed by atoms with van der Waals surface area (Å²) in [5, 5.41) is 3.96. The SMILES string of the molecule is CN1CC[C@@H](CNC2CCSCC2)[C@H]1c1ccc(Cl)c(F)c1. The van der Waals surface area contributed by atoms with Gasteiger partial charge in [0.05, 0.1) is 5.02 Å². The highest BCUT2D eigenvalue weighted by molar-refractivity contribution is 7.99. The van der Waals surface area contributed by atoms with Crippen LogP contribution < -0.4 is 5.32 Å². The second-order valence-electron chi connectivity index (χ2n) is 6.44. The Morgan fingerprint density at radius 2 is 2.09 bits per heavy atom. The molecule has 0 bridgehead atoms. The van der Waals surface area contributed by atoms with E-state index in [1.807, 2.05) is 6.07 Å². The van der Waals surface area contributed by atoms with E-state index in [-0.39, 0.29) is 16.9 Å². The van der Waals surface area contributed by atoms with E-state index in [0.717, 1.165) is 18.7 Å². The smallest absolute Gasteiger partial charge is 0.142 e. The summed E-state index contributed by atoms with van der Waals surface area (Å²) in [4.78, 5) is 2.34. The summed E-state index contributed by atoms with van der Waals surface area (Å²) >= 11 is 7.88. The Morgan fingerprint density at radius 1 is 1.32 bits per heavy atom. The number of thioether (sulfide) groups is 1. The minimum atomic E-state index is -0.310. The molecule has 3 rings (SSSR count). The predicted molar refractivity (Wildman–Crippen MR) is 93.2 cm³/mol. The molecule has 2 fully saturated rings. The van der Waals surface area contributed by atoms with E-state index in [4.69, 9.17) is 11.6 Å². The number of nitrogens with zero attached hydrogens (tertiary/aromatic N) is 1. The molecule has 2 nitrogen and oxygen atoms in total. The Labute approximate surface area is 141 Å². The van der Waals surface area contributed by atoms with E-state index < -0.39 is 0 Å². The van der Waals surface area contributed by atoms with Gasteiger partial charge in [-0.2, -0.15) is 11.8 Å². The lowest BCUT2D eigenvalue weighted by Gasteiger charge is -2.29. The van der Waals surface area contributed by atoms with Crippen LogP contribution in [0.5, 0.6) is 0 Å². The van der Waals surface area contributed by atoms with Crippen LogP contribution in [-0.2, 0) is 0 Å². The van der Waals surface area contributed by atoms with Crippen molar-refractivity contribution in [2.75, 3.05) is 31.6 Å². The van der Waals surface area contributed by atoms with Gasteiger partial charge in [0.15, 0.2) is 0 Å². The summed E-state index contributed by atoms with van der Waals surface area (Å²) in [5.41, 5.74) is 1.05. The third kappa shape index (κ3) is 3.78. The minimum absolute atomic E-state index is 0.207. The van der Waals surface area contributed by atoms with E-state index in [9.17, 15) is 4.39 Å². The molecule has 2 heterocycles. The van der Waals surface area contributed by atoms with Crippen molar-refractivity contribution >= 4 is 23.4 Å². The minimum Gasteiger partial charge on any atom is -0.314 e. The molecule has 2 saturated heterocycles. The zero-order chi connectivity index (χ0) is 15.5. The van der Waals surface area contributed by atoms with Gasteiger partial charge >= 0.3 is 0 Å². The van der Waals surface area contributed by atoms with Crippen molar-refractivity contribution < 1.29 is 4.39 Å². The highest BCUT2D eigenvalue weighted by Gasteiger charge is 2.33. The van der Waals surface area contributed by atoms with E-state index in [0.29, 0.717) is 12.0 Å². The Bertz CT molecular complexity index is 507. The van der Waals surface area contributed by atoms with Crippen molar-refractivity contribution in [2.24, 2.45) is 5.92 Å². The van der Waals surface area contributed by atoms with Gasteiger partial charge in [0, 0.05) is 18.6 Å². The fourth-order valence-corrected chi connectivity index (χ4v) is 4.91. The number of hydrogen-bond donors (Lipinski definition) is 1. The van der Waals surface area contributed by atoms with Gasteiger partial charge in [-0.05, 0) is 68.0 Å². The van der Waals surface area contributed by atoms with Gasteiger partial charge in [-0.3, -0.25) is 4.90 Å². The van der Waals surface area contributed by atoms with E-state index in [1.54, 1.807) is 12.1 Å². The van der Waals surface area contributed by atoms with Crippen LogP contribution in [0.1, 0.15) is 30.9 Å². The summed E-state index contributed by atoms with van der Waals surface area (Å²) in [6, 6.07) is 6.22. The topological polar surface area (TPSA) is 15.3 Å². The van der Waals surface area contributed by atoms with Crippen LogP contribution in [0.2, 0.25) is 5.02 Å². The first kappa shape index (κ1) is 16.6. The molecule has 0 aromatic heterocycles. The standard InChI is InChI=1S/C17H24ClFN2S/c1-21-7-4-13(11-20-14-5-8-22-9-6-14)17(21)12-2-3-15(18)16(19)10-12/h2-3,10,13-14,17,20H,4-9,11H2,1H3/t13-,17+/m0/s1. The summed E-state index contributed by atoms with van der Waals surface area (Å²) in [6.07, 6.45) is 3.71. The van der Waals surface area contributed by atoms with Crippen molar-refractivity contribution in [3.63, 3.8) is 0 Å². The van der Waals surface area contributed by atoms with Gasteiger partial charge in [-0.1, -0.05) is 17.7 Å². The first-order valence-corrected chi connectivity index (χ1v) is 9.64. The normalized spacial score (nSPS) is 27.4. The number of benzene rings is 1. The summed E-state index contributed by atoms with van der Waals surface area (Å²) in [7, 11) is 2.13. The number of likely N-dealkylation sites (tertiary alicyclic amines) is 1. The van der Waals surface area contributed by atoms with Crippen LogP contribution in [0.15, 0.2) is 18.2 Å². The lowest BCUT2D eigenvalue weighted by Crippen LogP contribution is -2.37. The van der Waals surface area contributed by atoms with Crippen LogP contribution >= 0.6 is 23.4 Å². The highest BCUT2D eigenvalue weighted by Crippen LogP contribution is 2.37. The van der Waals surface area contributed by atoms with Crippen molar-refractivity contribution in [3.8, 4) is 0 Å². The van der Waals surface area contributed by atoms with Crippen LogP contribution in [0.4, 0.5) is 4.39 Å².